The Morgan fingerprint density at radius 3 is 2.28 bits per heavy atom. The second-order valence-corrected chi connectivity index (χ2v) is 8.58. The second-order valence-electron chi connectivity index (χ2n) is 4.89. The molecule has 1 heterocycles. The molecular formula is C16H12Cl2N2O3S2. The van der Waals surface area contributed by atoms with E-state index >= 15 is 0 Å². The maximum Gasteiger partial charge on any atom is 0.293 e. The minimum absolute atomic E-state index is 0.0124. The summed E-state index contributed by atoms with van der Waals surface area (Å²) in [5, 5.41) is 1.16. The fourth-order valence-electron chi connectivity index (χ4n) is 2.05. The number of sulfonamides is 1. The summed E-state index contributed by atoms with van der Waals surface area (Å²) in [6.45, 7) is 0. The first-order valence-electron chi connectivity index (χ1n) is 7.03. The maximum absolute atomic E-state index is 11.8. The van der Waals surface area contributed by atoms with E-state index in [0.29, 0.717) is 21.4 Å². The van der Waals surface area contributed by atoms with Gasteiger partial charge in [-0.1, -0.05) is 23.7 Å². The van der Waals surface area contributed by atoms with Crippen LogP contribution < -0.4 is 4.72 Å². The smallest absolute Gasteiger partial charge is 0.293 e. The predicted molar refractivity (Wildman–Crippen MR) is 98.8 cm³/mol. The molecule has 3 aromatic rings. The van der Waals surface area contributed by atoms with Gasteiger partial charge in [0.05, 0.1) is 4.90 Å². The van der Waals surface area contributed by atoms with Gasteiger partial charge in [0.2, 0.25) is 10.0 Å². The molecule has 0 aliphatic heterocycles. The van der Waals surface area contributed by atoms with Crippen molar-refractivity contribution < 1.29 is 12.8 Å². The van der Waals surface area contributed by atoms with Gasteiger partial charge in [0.25, 0.3) is 5.35 Å². The van der Waals surface area contributed by atoms with Crippen LogP contribution in [0.1, 0.15) is 0 Å². The standard InChI is InChI=1S/C16H12Cl2N2O3S2/c1-19-25(21,22)13-8-2-10(3-9-13)14-15(23-16(18)20-14)24-12-6-4-11(17)5-7-12/h2-9,19H,1H3. The normalized spacial score (nSPS) is 11.6. The summed E-state index contributed by atoms with van der Waals surface area (Å²) in [5.41, 5.74) is 1.24. The van der Waals surface area contributed by atoms with Crippen LogP contribution in [0.25, 0.3) is 11.3 Å². The lowest BCUT2D eigenvalue weighted by molar-refractivity contribution is 0.473. The van der Waals surface area contributed by atoms with Crippen molar-refractivity contribution in [3.05, 3.63) is 58.9 Å². The van der Waals surface area contributed by atoms with Crippen molar-refractivity contribution in [2.75, 3.05) is 7.05 Å². The number of halogens is 2. The van der Waals surface area contributed by atoms with Gasteiger partial charge in [-0.15, -0.1) is 0 Å². The second kappa shape index (κ2) is 7.39. The number of nitrogens with one attached hydrogen (secondary N) is 1. The Bertz CT molecular complexity index is 985. The number of oxazole rings is 1. The van der Waals surface area contributed by atoms with Crippen molar-refractivity contribution >= 4 is 45.0 Å². The third-order valence-corrected chi connectivity index (χ3v) is 6.11. The molecule has 0 bridgehead atoms. The van der Waals surface area contributed by atoms with E-state index in [4.69, 9.17) is 27.6 Å². The Hall–Kier alpha value is -1.51. The van der Waals surface area contributed by atoms with Crippen molar-refractivity contribution in [1.82, 2.24) is 9.71 Å². The molecule has 0 spiro atoms. The highest BCUT2D eigenvalue weighted by Gasteiger charge is 2.17. The predicted octanol–water partition coefficient (Wildman–Crippen LogP) is 4.71. The molecule has 0 fully saturated rings. The van der Waals surface area contributed by atoms with E-state index < -0.39 is 10.0 Å². The van der Waals surface area contributed by atoms with Crippen LogP contribution in [0, 0.1) is 0 Å². The minimum atomic E-state index is -3.49. The Morgan fingerprint density at radius 2 is 1.68 bits per heavy atom. The molecule has 0 atom stereocenters. The van der Waals surface area contributed by atoms with Crippen LogP contribution in [0.5, 0.6) is 0 Å². The van der Waals surface area contributed by atoms with Gasteiger partial charge in [0.1, 0.15) is 5.69 Å². The Morgan fingerprint density at radius 1 is 1.04 bits per heavy atom. The van der Waals surface area contributed by atoms with Crippen LogP contribution in [0.2, 0.25) is 10.4 Å². The average Bonchev–Trinajstić information content (AvgIpc) is 2.97. The number of hydrogen-bond acceptors (Lipinski definition) is 5. The molecule has 5 nitrogen and oxygen atoms in total. The van der Waals surface area contributed by atoms with Gasteiger partial charge in [0.15, 0.2) is 5.09 Å². The van der Waals surface area contributed by atoms with Gasteiger partial charge >= 0.3 is 0 Å². The van der Waals surface area contributed by atoms with E-state index in [1.165, 1.54) is 30.9 Å². The first-order chi connectivity index (χ1) is 11.9. The molecule has 130 valence electrons. The van der Waals surface area contributed by atoms with Gasteiger partial charge in [0, 0.05) is 15.5 Å². The van der Waals surface area contributed by atoms with E-state index in [9.17, 15) is 8.42 Å². The summed E-state index contributed by atoms with van der Waals surface area (Å²) in [7, 11) is -2.13. The van der Waals surface area contributed by atoms with Crippen LogP contribution >= 0.6 is 35.0 Å². The van der Waals surface area contributed by atoms with Gasteiger partial charge in [-0.05, 0) is 66.8 Å². The zero-order valence-electron chi connectivity index (χ0n) is 12.9. The SMILES string of the molecule is CNS(=O)(=O)c1ccc(-c2nc(Cl)oc2Sc2ccc(Cl)cc2)cc1. The molecule has 25 heavy (non-hydrogen) atoms. The molecule has 0 unspecified atom stereocenters. The van der Waals surface area contributed by atoms with Gasteiger partial charge in [-0.2, -0.15) is 4.98 Å². The third kappa shape index (κ3) is 4.19. The van der Waals surface area contributed by atoms with Gasteiger partial charge in [-0.3, -0.25) is 0 Å². The lowest BCUT2D eigenvalue weighted by atomic mass is 10.2. The molecule has 0 saturated heterocycles. The van der Waals surface area contributed by atoms with Crippen molar-refractivity contribution in [3.63, 3.8) is 0 Å². The van der Waals surface area contributed by atoms with E-state index in [1.54, 1.807) is 24.3 Å². The van der Waals surface area contributed by atoms with Crippen LogP contribution in [-0.2, 0) is 10.0 Å². The molecule has 0 saturated carbocycles. The molecule has 1 N–H and O–H groups in total. The molecule has 2 aromatic carbocycles. The number of rotatable bonds is 5. The highest BCUT2D eigenvalue weighted by molar-refractivity contribution is 7.99. The van der Waals surface area contributed by atoms with Crippen LogP contribution in [-0.4, -0.2) is 20.4 Å². The fraction of sp³-hybridized carbons (Fsp3) is 0.0625. The zero-order valence-corrected chi connectivity index (χ0v) is 16.0. The van der Waals surface area contributed by atoms with Gasteiger partial charge < -0.3 is 4.42 Å². The minimum Gasteiger partial charge on any atom is -0.420 e. The largest absolute Gasteiger partial charge is 0.420 e. The van der Waals surface area contributed by atoms with E-state index in [-0.39, 0.29) is 10.2 Å². The number of aromatic nitrogens is 1. The lowest BCUT2D eigenvalue weighted by Gasteiger charge is -2.04. The molecule has 1 aromatic heterocycles. The van der Waals surface area contributed by atoms with Crippen molar-refractivity contribution in [3.8, 4) is 11.3 Å². The van der Waals surface area contributed by atoms with Crippen molar-refractivity contribution in [1.29, 1.82) is 0 Å². The van der Waals surface area contributed by atoms with E-state index in [2.05, 4.69) is 9.71 Å². The summed E-state index contributed by atoms with van der Waals surface area (Å²) < 4.78 is 31.4. The fourth-order valence-corrected chi connectivity index (χ4v) is 3.98. The monoisotopic (exact) mass is 414 g/mol. The van der Waals surface area contributed by atoms with Crippen molar-refractivity contribution in [2.24, 2.45) is 0 Å². The molecule has 9 heteroatoms. The van der Waals surface area contributed by atoms with E-state index in [1.807, 2.05) is 12.1 Å². The lowest BCUT2D eigenvalue weighted by Crippen LogP contribution is -2.18. The Labute approximate surface area is 159 Å². The zero-order chi connectivity index (χ0) is 18.0. The third-order valence-electron chi connectivity index (χ3n) is 3.30. The van der Waals surface area contributed by atoms with Crippen molar-refractivity contribution in [2.45, 2.75) is 14.9 Å². The van der Waals surface area contributed by atoms with Crippen LogP contribution in [0.15, 0.2) is 67.8 Å². The topological polar surface area (TPSA) is 72.2 Å². The molecule has 3 rings (SSSR count). The molecular weight excluding hydrogens is 403 g/mol. The molecule has 0 aliphatic carbocycles. The number of hydrogen-bond donors (Lipinski definition) is 1. The Balaban J connectivity index is 1.94. The molecule has 0 radical (unpaired) electrons. The van der Waals surface area contributed by atoms with Crippen LogP contribution in [0.4, 0.5) is 0 Å². The summed E-state index contributed by atoms with van der Waals surface area (Å²) >= 11 is 13.2. The van der Waals surface area contributed by atoms with Crippen LogP contribution in [0.3, 0.4) is 0 Å². The quantitative estimate of drug-likeness (QED) is 0.654. The molecule has 0 aliphatic rings. The highest BCUT2D eigenvalue weighted by Crippen LogP contribution is 2.38. The first kappa shape index (κ1) is 18.3. The first-order valence-corrected chi connectivity index (χ1v) is 10.1. The summed E-state index contributed by atoms with van der Waals surface area (Å²) in [5.74, 6) is 0. The number of nitrogens with zero attached hydrogens (tertiary/aromatic N) is 1. The summed E-state index contributed by atoms with van der Waals surface area (Å²) in [6.07, 6.45) is 0. The van der Waals surface area contributed by atoms with E-state index in [0.717, 1.165) is 4.90 Å². The summed E-state index contributed by atoms with van der Waals surface area (Å²) in [6, 6.07) is 13.6. The number of benzene rings is 2. The molecule has 0 amide bonds. The maximum atomic E-state index is 11.8. The Kier molecular flexibility index (Phi) is 5.41. The van der Waals surface area contributed by atoms with Gasteiger partial charge in [-0.25, -0.2) is 13.1 Å². The highest BCUT2D eigenvalue weighted by atomic mass is 35.5. The summed E-state index contributed by atoms with van der Waals surface area (Å²) in [4.78, 5) is 5.27. The average molecular weight is 415 g/mol.